The zero-order chi connectivity index (χ0) is 15.4. The molecule has 1 saturated heterocycles. The van der Waals surface area contributed by atoms with Gasteiger partial charge < -0.3 is 20.2 Å². The number of rotatable bonds is 4. The second kappa shape index (κ2) is 6.91. The summed E-state index contributed by atoms with van der Waals surface area (Å²) in [5.41, 5.74) is 0.687. The molecule has 0 saturated carbocycles. The number of hydrogen-bond acceptors (Lipinski definition) is 4. The summed E-state index contributed by atoms with van der Waals surface area (Å²) in [6, 6.07) is -0.173. The summed E-state index contributed by atoms with van der Waals surface area (Å²) < 4.78 is 1.81. The Kier molecular flexibility index (Phi) is 5.19. The fourth-order valence-corrected chi connectivity index (χ4v) is 2.29. The lowest BCUT2D eigenvalue weighted by atomic mass is 9.96. The molecule has 1 fully saturated rings. The molecular weight excluding hydrogens is 270 g/mol. The molecule has 118 valence electrons. The van der Waals surface area contributed by atoms with Crippen molar-refractivity contribution in [3.8, 4) is 0 Å². The number of likely N-dealkylation sites (tertiary alicyclic amines) is 1. The maximum atomic E-state index is 12.2. The Bertz CT molecular complexity index is 474. The van der Waals surface area contributed by atoms with Crippen molar-refractivity contribution in [3.63, 3.8) is 0 Å². The van der Waals surface area contributed by atoms with Crippen molar-refractivity contribution in [3.05, 3.63) is 12.4 Å². The monoisotopic (exact) mass is 295 g/mol. The number of nitrogens with one attached hydrogen (secondary N) is 1. The molecule has 2 atom stereocenters. The number of piperidine rings is 1. The molecule has 2 amide bonds. The van der Waals surface area contributed by atoms with Gasteiger partial charge in [-0.25, -0.2) is 4.79 Å². The highest BCUT2D eigenvalue weighted by atomic mass is 16.3. The Balaban J connectivity index is 1.85. The first-order chi connectivity index (χ1) is 9.95. The average Bonchev–Trinajstić information content (AvgIpc) is 2.87. The van der Waals surface area contributed by atoms with Gasteiger partial charge in [-0.15, -0.1) is 0 Å². The van der Waals surface area contributed by atoms with Crippen molar-refractivity contribution in [2.24, 2.45) is 5.92 Å². The number of hydrogen-bond donors (Lipinski definition) is 2. The molecule has 0 aromatic carbocycles. The topological polar surface area (TPSA) is 73.6 Å². The van der Waals surface area contributed by atoms with E-state index in [0.29, 0.717) is 18.8 Å². The van der Waals surface area contributed by atoms with Crippen LogP contribution in [0.1, 0.15) is 13.3 Å². The van der Waals surface area contributed by atoms with Gasteiger partial charge in [0.1, 0.15) is 0 Å². The molecule has 2 rings (SSSR count). The van der Waals surface area contributed by atoms with Crippen LogP contribution in [0.4, 0.5) is 10.5 Å². The van der Waals surface area contributed by atoms with Gasteiger partial charge in [-0.2, -0.15) is 5.10 Å². The van der Waals surface area contributed by atoms with E-state index in [1.807, 2.05) is 31.9 Å². The first-order valence-corrected chi connectivity index (χ1v) is 7.37. The molecule has 1 aromatic rings. The number of carbonyl (C=O) groups excluding carboxylic acids is 1. The highest BCUT2D eigenvalue weighted by molar-refractivity contribution is 5.89. The molecule has 1 aliphatic rings. The first kappa shape index (κ1) is 15.8. The molecular formula is C14H25N5O2. The van der Waals surface area contributed by atoms with Gasteiger partial charge >= 0.3 is 6.03 Å². The minimum atomic E-state index is -0.438. The second-order valence-electron chi connectivity index (χ2n) is 6.00. The Morgan fingerprint density at radius 3 is 3.00 bits per heavy atom. The predicted octanol–water partition coefficient (Wildman–Crippen LogP) is 0.679. The minimum Gasteiger partial charge on any atom is -0.391 e. The number of aliphatic hydroxyl groups is 1. The molecule has 0 radical (unpaired) electrons. The third kappa shape index (κ3) is 4.44. The molecule has 0 aliphatic carbocycles. The number of likely N-dealkylation sites (N-methyl/N-ethyl adjacent to an activating group) is 1. The highest BCUT2D eigenvalue weighted by Gasteiger charge is 2.27. The third-order valence-corrected chi connectivity index (χ3v) is 3.87. The zero-order valence-corrected chi connectivity index (χ0v) is 13.0. The Morgan fingerprint density at radius 1 is 1.57 bits per heavy atom. The molecule has 1 aliphatic heterocycles. The van der Waals surface area contributed by atoms with Crippen LogP contribution < -0.4 is 5.32 Å². The van der Waals surface area contributed by atoms with E-state index in [1.165, 1.54) is 0 Å². The lowest BCUT2D eigenvalue weighted by molar-refractivity contribution is 0.0464. The van der Waals surface area contributed by atoms with Crippen LogP contribution in [-0.2, 0) is 6.54 Å². The summed E-state index contributed by atoms with van der Waals surface area (Å²) in [7, 11) is 4.02. The zero-order valence-electron chi connectivity index (χ0n) is 13.0. The van der Waals surface area contributed by atoms with Crippen LogP contribution in [0.3, 0.4) is 0 Å². The molecule has 21 heavy (non-hydrogen) atoms. The summed E-state index contributed by atoms with van der Waals surface area (Å²) in [6.07, 6.45) is 3.87. The SMILES string of the molecule is CC1CCN(C(=O)Nc2cnn(CCN(C)C)c2)CC1O. The number of nitrogens with zero attached hydrogens (tertiary/aromatic N) is 4. The van der Waals surface area contributed by atoms with Gasteiger partial charge in [-0.1, -0.05) is 6.92 Å². The van der Waals surface area contributed by atoms with E-state index in [-0.39, 0.29) is 11.9 Å². The molecule has 2 heterocycles. The molecule has 2 N–H and O–H groups in total. The Hall–Kier alpha value is -1.60. The predicted molar refractivity (Wildman–Crippen MR) is 81.2 cm³/mol. The quantitative estimate of drug-likeness (QED) is 0.856. The van der Waals surface area contributed by atoms with E-state index in [9.17, 15) is 9.90 Å². The molecule has 0 spiro atoms. The molecule has 7 heteroatoms. The van der Waals surface area contributed by atoms with Crippen LogP contribution in [-0.4, -0.2) is 70.6 Å². The second-order valence-corrected chi connectivity index (χ2v) is 6.00. The Morgan fingerprint density at radius 2 is 2.33 bits per heavy atom. The van der Waals surface area contributed by atoms with Crippen molar-refractivity contribution in [1.29, 1.82) is 0 Å². The van der Waals surface area contributed by atoms with Gasteiger partial charge in [0.2, 0.25) is 0 Å². The minimum absolute atomic E-state index is 0.173. The van der Waals surface area contributed by atoms with Gasteiger partial charge in [0.05, 0.1) is 24.5 Å². The Labute approximate surface area is 125 Å². The summed E-state index contributed by atoms with van der Waals surface area (Å²) in [4.78, 5) is 15.9. The van der Waals surface area contributed by atoms with Crippen LogP contribution in [0.5, 0.6) is 0 Å². The summed E-state index contributed by atoms with van der Waals surface area (Å²) in [6.45, 7) is 4.75. The number of anilines is 1. The van der Waals surface area contributed by atoms with Crippen molar-refractivity contribution in [2.75, 3.05) is 39.0 Å². The fraction of sp³-hybridized carbons (Fsp3) is 0.714. The van der Waals surface area contributed by atoms with Crippen LogP contribution in [0.2, 0.25) is 0 Å². The van der Waals surface area contributed by atoms with Crippen molar-refractivity contribution >= 4 is 11.7 Å². The lowest BCUT2D eigenvalue weighted by Crippen LogP contribution is -2.47. The van der Waals surface area contributed by atoms with Crippen LogP contribution >= 0.6 is 0 Å². The standard InChI is InChI=1S/C14H25N5O2/c1-11-4-5-18(10-13(11)20)14(21)16-12-8-15-19(9-12)7-6-17(2)3/h8-9,11,13,20H,4-7,10H2,1-3H3,(H,16,21). The van der Waals surface area contributed by atoms with Gasteiger partial charge in [0.25, 0.3) is 0 Å². The van der Waals surface area contributed by atoms with Crippen LogP contribution in [0.15, 0.2) is 12.4 Å². The van der Waals surface area contributed by atoms with Gasteiger partial charge in [-0.05, 0) is 26.4 Å². The maximum absolute atomic E-state index is 12.2. The number of urea groups is 1. The number of aliphatic hydroxyl groups excluding tert-OH is 1. The van der Waals surface area contributed by atoms with E-state index in [0.717, 1.165) is 19.5 Å². The molecule has 0 bridgehead atoms. The molecule has 1 aromatic heterocycles. The van der Waals surface area contributed by atoms with Crippen LogP contribution in [0, 0.1) is 5.92 Å². The summed E-state index contributed by atoms with van der Waals surface area (Å²) in [5, 5.41) is 16.9. The van der Waals surface area contributed by atoms with E-state index in [4.69, 9.17) is 0 Å². The van der Waals surface area contributed by atoms with E-state index < -0.39 is 6.10 Å². The summed E-state index contributed by atoms with van der Waals surface area (Å²) in [5.74, 6) is 0.253. The average molecular weight is 295 g/mol. The van der Waals surface area contributed by atoms with Crippen LogP contribution in [0.25, 0.3) is 0 Å². The van der Waals surface area contributed by atoms with Crippen molar-refractivity contribution < 1.29 is 9.90 Å². The van der Waals surface area contributed by atoms with Gasteiger partial charge in [-0.3, -0.25) is 4.68 Å². The highest BCUT2D eigenvalue weighted by Crippen LogP contribution is 2.18. The molecule has 2 unspecified atom stereocenters. The normalized spacial score (nSPS) is 22.6. The first-order valence-electron chi connectivity index (χ1n) is 7.37. The lowest BCUT2D eigenvalue weighted by Gasteiger charge is -2.34. The van der Waals surface area contributed by atoms with E-state index in [1.54, 1.807) is 11.1 Å². The van der Waals surface area contributed by atoms with Gasteiger partial charge in [0, 0.05) is 25.8 Å². The smallest absolute Gasteiger partial charge is 0.322 e. The molecule has 7 nitrogen and oxygen atoms in total. The number of carbonyl (C=O) groups is 1. The number of aromatic nitrogens is 2. The van der Waals surface area contributed by atoms with E-state index in [2.05, 4.69) is 15.3 Å². The van der Waals surface area contributed by atoms with E-state index >= 15 is 0 Å². The maximum Gasteiger partial charge on any atom is 0.322 e. The summed E-state index contributed by atoms with van der Waals surface area (Å²) >= 11 is 0. The largest absolute Gasteiger partial charge is 0.391 e. The van der Waals surface area contributed by atoms with Crippen molar-refractivity contribution in [2.45, 2.75) is 26.0 Å². The number of β-amino-alcohol motifs (C(OH)–C–C–N with tert-alkyl or cyclic N) is 1. The fourth-order valence-electron chi connectivity index (χ4n) is 2.29. The number of amides is 2. The van der Waals surface area contributed by atoms with Crippen molar-refractivity contribution in [1.82, 2.24) is 19.6 Å². The third-order valence-electron chi connectivity index (χ3n) is 3.87. The van der Waals surface area contributed by atoms with Gasteiger partial charge in [0.15, 0.2) is 0 Å².